The Morgan fingerprint density at radius 2 is 1.74 bits per heavy atom. The number of rotatable bonds is 4. The maximum Gasteiger partial charge on any atom is 0.236 e. The van der Waals surface area contributed by atoms with Crippen molar-refractivity contribution in [1.82, 2.24) is 20.0 Å². The molecule has 0 aromatic carbocycles. The van der Waals surface area contributed by atoms with Crippen LogP contribution in [-0.4, -0.2) is 86.1 Å². The fourth-order valence-electron chi connectivity index (χ4n) is 2.87. The van der Waals surface area contributed by atoms with Crippen LogP contribution in [0.1, 0.15) is 19.8 Å². The standard InChI is InChI=1S/C14H28N4O/c1-2-6-16-9-11-17(12-10-16)13-14(19)18-7-3-4-15-5-8-18/h15H,2-13H2,1H3. The fraction of sp³-hybridized carbons (Fsp3) is 0.929. The molecular formula is C14H28N4O. The average Bonchev–Trinajstić information content (AvgIpc) is 2.70. The minimum Gasteiger partial charge on any atom is -0.340 e. The second kappa shape index (κ2) is 7.82. The van der Waals surface area contributed by atoms with Gasteiger partial charge in [-0.1, -0.05) is 6.92 Å². The summed E-state index contributed by atoms with van der Waals surface area (Å²) < 4.78 is 0. The van der Waals surface area contributed by atoms with Crippen molar-refractivity contribution in [2.24, 2.45) is 0 Å². The highest BCUT2D eigenvalue weighted by atomic mass is 16.2. The van der Waals surface area contributed by atoms with Gasteiger partial charge in [-0.15, -0.1) is 0 Å². The summed E-state index contributed by atoms with van der Waals surface area (Å²) in [6.07, 6.45) is 2.30. The van der Waals surface area contributed by atoms with E-state index in [1.807, 2.05) is 4.90 Å². The summed E-state index contributed by atoms with van der Waals surface area (Å²) in [4.78, 5) is 19.1. The fourth-order valence-corrected chi connectivity index (χ4v) is 2.87. The number of carbonyl (C=O) groups excluding carboxylic acids is 1. The van der Waals surface area contributed by atoms with E-state index in [4.69, 9.17) is 0 Å². The van der Waals surface area contributed by atoms with Crippen LogP contribution in [0, 0.1) is 0 Å². The molecule has 0 spiro atoms. The van der Waals surface area contributed by atoms with Gasteiger partial charge in [0, 0.05) is 45.8 Å². The molecule has 0 aliphatic carbocycles. The van der Waals surface area contributed by atoms with E-state index < -0.39 is 0 Å². The number of carbonyl (C=O) groups is 1. The van der Waals surface area contributed by atoms with E-state index in [1.54, 1.807) is 0 Å². The summed E-state index contributed by atoms with van der Waals surface area (Å²) in [5.41, 5.74) is 0. The molecule has 0 bridgehead atoms. The lowest BCUT2D eigenvalue weighted by Gasteiger charge is -2.35. The normalized spacial score (nSPS) is 23.3. The zero-order chi connectivity index (χ0) is 13.5. The number of piperazine rings is 1. The second-order valence-electron chi connectivity index (χ2n) is 5.60. The molecule has 2 heterocycles. The molecule has 0 aromatic rings. The summed E-state index contributed by atoms with van der Waals surface area (Å²) >= 11 is 0. The molecule has 1 N–H and O–H groups in total. The topological polar surface area (TPSA) is 38.8 Å². The lowest BCUT2D eigenvalue weighted by molar-refractivity contribution is -0.132. The molecule has 1 amide bonds. The van der Waals surface area contributed by atoms with Crippen LogP contribution in [-0.2, 0) is 4.79 Å². The highest BCUT2D eigenvalue weighted by Crippen LogP contribution is 2.04. The van der Waals surface area contributed by atoms with Crippen molar-refractivity contribution in [3.05, 3.63) is 0 Å². The first kappa shape index (κ1) is 14.8. The summed E-state index contributed by atoms with van der Waals surface area (Å²) in [5.74, 6) is 0.313. The van der Waals surface area contributed by atoms with Crippen LogP contribution in [0.4, 0.5) is 0 Å². The van der Waals surface area contributed by atoms with Crippen LogP contribution in [0.3, 0.4) is 0 Å². The molecule has 0 radical (unpaired) electrons. The van der Waals surface area contributed by atoms with Crippen molar-refractivity contribution < 1.29 is 4.79 Å². The summed E-state index contributed by atoms with van der Waals surface area (Å²) in [7, 11) is 0. The number of nitrogens with zero attached hydrogens (tertiary/aromatic N) is 3. The monoisotopic (exact) mass is 268 g/mol. The van der Waals surface area contributed by atoms with E-state index >= 15 is 0 Å². The third-order valence-corrected chi connectivity index (χ3v) is 4.06. The Morgan fingerprint density at radius 3 is 2.47 bits per heavy atom. The van der Waals surface area contributed by atoms with Crippen molar-refractivity contribution in [3.8, 4) is 0 Å². The van der Waals surface area contributed by atoms with Crippen LogP contribution >= 0.6 is 0 Å². The molecular weight excluding hydrogens is 240 g/mol. The highest BCUT2D eigenvalue weighted by molar-refractivity contribution is 5.78. The minimum atomic E-state index is 0.313. The minimum absolute atomic E-state index is 0.313. The number of amides is 1. The van der Waals surface area contributed by atoms with Crippen molar-refractivity contribution >= 4 is 5.91 Å². The maximum atomic E-state index is 12.3. The van der Waals surface area contributed by atoms with Crippen LogP contribution in [0.2, 0.25) is 0 Å². The summed E-state index contributed by atoms with van der Waals surface area (Å²) in [5, 5.41) is 3.34. The zero-order valence-electron chi connectivity index (χ0n) is 12.2. The van der Waals surface area contributed by atoms with Gasteiger partial charge in [0.15, 0.2) is 0 Å². The van der Waals surface area contributed by atoms with Crippen LogP contribution in [0.15, 0.2) is 0 Å². The molecule has 2 rings (SSSR count). The van der Waals surface area contributed by atoms with Gasteiger partial charge in [0.25, 0.3) is 0 Å². The molecule has 2 saturated heterocycles. The number of nitrogens with one attached hydrogen (secondary N) is 1. The Hall–Kier alpha value is -0.650. The molecule has 2 aliphatic rings. The van der Waals surface area contributed by atoms with E-state index in [0.717, 1.165) is 58.8 Å². The summed E-state index contributed by atoms with van der Waals surface area (Å²) in [6, 6.07) is 0. The zero-order valence-corrected chi connectivity index (χ0v) is 12.2. The van der Waals surface area contributed by atoms with Crippen molar-refractivity contribution in [2.75, 3.05) is 65.4 Å². The van der Waals surface area contributed by atoms with E-state index in [1.165, 1.54) is 13.0 Å². The maximum absolute atomic E-state index is 12.3. The number of hydrogen-bond acceptors (Lipinski definition) is 4. The SMILES string of the molecule is CCCN1CCN(CC(=O)N2CCCNCC2)CC1. The lowest BCUT2D eigenvalue weighted by Crippen LogP contribution is -2.50. The Morgan fingerprint density at radius 1 is 1.00 bits per heavy atom. The molecule has 19 heavy (non-hydrogen) atoms. The third-order valence-electron chi connectivity index (χ3n) is 4.06. The highest BCUT2D eigenvalue weighted by Gasteiger charge is 2.21. The van der Waals surface area contributed by atoms with Gasteiger partial charge in [-0.2, -0.15) is 0 Å². The van der Waals surface area contributed by atoms with Gasteiger partial charge >= 0.3 is 0 Å². The lowest BCUT2D eigenvalue weighted by atomic mass is 10.3. The predicted molar refractivity (Wildman–Crippen MR) is 77.2 cm³/mol. The molecule has 110 valence electrons. The van der Waals surface area contributed by atoms with Gasteiger partial charge in [-0.25, -0.2) is 0 Å². The number of hydrogen-bond donors (Lipinski definition) is 1. The predicted octanol–water partition coefficient (Wildman–Crippen LogP) is -0.164. The van der Waals surface area contributed by atoms with Crippen molar-refractivity contribution in [1.29, 1.82) is 0 Å². The Bertz CT molecular complexity index is 269. The van der Waals surface area contributed by atoms with E-state index in [-0.39, 0.29) is 0 Å². The van der Waals surface area contributed by atoms with Crippen molar-refractivity contribution in [2.45, 2.75) is 19.8 Å². The molecule has 2 aliphatic heterocycles. The van der Waals surface area contributed by atoms with Crippen molar-refractivity contribution in [3.63, 3.8) is 0 Å². The van der Waals surface area contributed by atoms with E-state index in [0.29, 0.717) is 12.5 Å². The molecule has 0 saturated carbocycles. The first-order valence-electron chi connectivity index (χ1n) is 7.73. The van der Waals surface area contributed by atoms with Gasteiger partial charge in [0.1, 0.15) is 0 Å². The second-order valence-corrected chi connectivity index (χ2v) is 5.60. The van der Waals surface area contributed by atoms with Gasteiger partial charge in [0.05, 0.1) is 6.54 Å². The molecule has 5 heteroatoms. The Kier molecular flexibility index (Phi) is 6.07. The van der Waals surface area contributed by atoms with Crippen LogP contribution in [0.25, 0.3) is 0 Å². The molecule has 2 fully saturated rings. The van der Waals surface area contributed by atoms with Gasteiger partial charge in [-0.05, 0) is 25.9 Å². The van der Waals surface area contributed by atoms with Crippen LogP contribution < -0.4 is 5.32 Å². The molecule has 0 unspecified atom stereocenters. The molecule has 5 nitrogen and oxygen atoms in total. The molecule has 0 atom stereocenters. The summed E-state index contributed by atoms with van der Waals surface area (Å²) in [6.45, 7) is 12.1. The van der Waals surface area contributed by atoms with E-state index in [2.05, 4.69) is 22.0 Å². The molecule has 0 aromatic heterocycles. The third kappa shape index (κ3) is 4.75. The quantitative estimate of drug-likeness (QED) is 0.769. The first-order chi connectivity index (χ1) is 9.29. The largest absolute Gasteiger partial charge is 0.340 e. The Labute approximate surface area is 116 Å². The van der Waals surface area contributed by atoms with Crippen LogP contribution in [0.5, 0.6) is 0 Å². The first-order valence-corrected chi connectivity index (χ1v) is 7.73. The van der Waals surface area contributed by atoms with Gasteiger partial charge in [-0.3, -0.25) is 9.69 Å². The smallest absolute Gasteiger partial charge is 0.236 e. The van der Waals surface area contributed by atoms with E-state index in [9.17, 15) is 4.79 Å². The van der Waals surface area contributed by atoms with Gasteiger partial charge < -0.3 is 15.1 Å². The average molecular weight is 268 g/mol. The van der Waals surface area contributed by atoms with Gasteiger partial charge in [0.2, 0.25) is 5.91 Å². The Balaban J connectivity index is 1.70.